The van der Waals surface area contributed by atoms with Crippen LogP contribution in [0.1, 0.15) is 5.56 Å². The Hall–Kier alpha value is -3.40. The van der Waals surface area contributed by atoms with E-state index in [4.69, 9.17) is 14.4 Å². The number of benzene rings is 1. The summed E-state index contributed by atoms with van der Waals surface area (Å²) in [5.74, 6) is 0.997. The summed E-state index contributed by atoms with van der Waals surface area (Å²) in [5.41, 5.74) is 1.10. The highest BCUT2D eigenvalue weighted by Crippen LogP contribution is 2.14. The molecular formula is C16H12N4O3. The molecule has 0 fully saturated rings. The van der Waals surface area contributed by atoms with Crippen molar-refractivity contribution in [3.8, 4) is 23.3 Å². The standard InChI is InChI=1S/C16H12N4O3/c17-9-12-1-4-14(5-2-12)22-8-7-20-10-13(3-6-15(20)21)16-19-18-11-23-16/h1-6,10-11H,7-8H2. The second kappa shape index (κ2) is 6.58. The predicted molar refractivity (Wildman–Crippen MR) is 80.6 cm³/mol. The molecule has 1 aromatic carbocycles. The number of nitrogens with zero attached hydrogens (tertiary/aromatic N) is 4. The molecule has 2 heterocycles. The molecule has 0 radical (unpaired) electrons. The SMILES string of the molecule is N#Cc1ccc(OCCn2cc(-c3nnco3)ccc2=O)cc1. The lowest BCUT2D eigenvalue weighted by Crippen LogP contribution is -2.21. The molecule has 7 heteroatoms. The molecule has 3 rings (SSSR count). The molecule has 2 aromatic heterocycles. The Balaban J connectivity index is 1.67. The number of pyridine rings is 1. The van der Waals surface area contributed by atoms with Crippen molar-refractivity contribution in [3.05, 3.63) is 64.9 Å². The van der Waals surface area contributed by atoms with Crippen molar-refractivity contribution in [2.24, 2.45) is 0 Å². The average molecular weight is 308 g/mol. The minimum absolute atomic E-state index is 0.142. The summed E-state index contributed by atoms with van der Waals surface area (Å²) in [6, 6.07) is 11.9. The molecule has 0 saturated carbocycles. The van der Waals surface area contributed by atoms with E-state index in [0.717, 1.165) is 0 Å². The average Bonchev–Trinajstić information content (AvgIpc) is 3.12. The first-order chi connectivity index (χ1) is 11.3. The lowest BCUT2D eigenvalue weighted by atomic mass is 10.2. The van der Waals surface area contributed by atoms with E-state index in [9.17, 15) is 4.79 Å². The van der Waals surface area contributed by atoms with Crippen LogP contribution in [-0.2, 0) is 6.54 Å². The molecule has 114 valence electrons. The summed E-state index contributed by atoms with van der Waals surface area (Å²) >= 11 is 0. The van der Waals surface area contributed by atoms with Crippen molar-refractivity contribution in [3.63, 3.8) is 0 Å². The number of rotatable bonds is 5. The molecule has 0 N–H and O–H groups in total. The van der Waals surface area contributed by atoms with Crippen LogP contribution in [0.5, 0.6) is 5.75 Å². The maximum Gasteiger partial charge on any atom is 0.250 e. The maximum atomic E-state index is 11.9. The van der Waals surface area contributed by atoms with E-state index in [1.807, 2.05) is 6.07 Å². The molecule has 23 heavy (non-hydrogen) atoms. The predicted octanol–water partition coefficient (Wildman–Crippen LogP) is 1.85. The van der Waals surface area contributed by atoms with Crippen molar-refractivity contribution in [1.29, 1.82) is 5.26 Å². The van der Waals surface area contributed by atoms with Crippen LogP contribution < -0.4 is 10.3 Å². The number of hydrogen-bond donors (Lipinski definition) is 0. The topological polar surface area (TPSA) is 93.9 Å². The van der Waals surface area contributed by atoms with Crippen molar-refractivity contribution in [2.45, 2.75) is 6.54 Å². The fourth-order valence-corrected chi connectivity index (χ4v) is 2.02. The van der Waals surface area contributed by atoms with Gasteiger partial charge in [0.25, 0.3) is 5.56 Å². The molecule has 3 aromatic rings. The smallest absolute Gasteiger partial charge is 0.250 e. The van der Waals surface area contributed by atoms with Crippen LogP contribution in [0.4, 0.5) is 0 Å². The van der Waals surface area contributed by atoms with Crippen LogP contribution in [0.25, 0.3) is 11.5 Å². The Morgan fingerprint density at radius 2 is 2.04 bits per heavy atom. The Morgan fingerprint density at radius 1 is 1.22 bits per heavy atom. The summed E-state index contributed by atoms with van der Waals surface area (Å²) in [7, 11) is 0. The van der Waals surface area contributed by atoms with Gasteiger partial charge in [-0.15, -0.1) is 10.2 Å². The maximum absolute atomic E-state index is 11.9. The van der Waals surface area contributed by atoms with Gasteiger partial charge in [-0.1, -0.05) is 0 Å². The third kappa shape index (κ3) is 3.44. The third-order valence-electron chi connectivity index (χ3n) is 3.17. The quantitative estimate of drug-likeness (QED) is 0.714. The van der Waals surface area contributed by atoms with Gasteiger partial charge in [-0.25, -0.2) is 0 Å². The van der Waals surface area contributed by atoms with E-state index in [1.54, 1.807) is 36.5 Å². The monoisotopic (exact) mass is 308 g/mol. The van der Waals surface area contributed by atoms with Gasteiger partial charge in [-0.3, -0.25) is 4.79 Å². The fraction of sp³-hybridized carbons (Fsp3) is 0.125. The zero-order valence-corrected chi connectivity index (χ0v) is 12.0. The Morgan fingerprint density at radius 3 is 2.74 bits per heavy atom. The fourth-order valence-electron chi connectivity index (χ4n) is 2.02. The zero-order valence-electron chi connectivity index (χ0n) is 12.0. The van der Waals surface area contributed by atoms with Gasteiger partial charge in [0.2, 0.25) is 12.3 Å². The first-order valence-corrected chi connectivity index (χ1v) is 6.86. The van der Waals surface area contributed by atoms with Crippen LogP contribution in [0.2, 0.25) is 0 Å². The van der Waals surface area contributed by atoms with Gasteiger partial charge in [-0.2, -0.15) is 5.26 Å². The minimum Gasteiger partial charge on any atom is -0.492 e. The lowest BCUT2D eigenvalue weighted by Gasteiger charge is -2.09. The molecule has 7 nitrogen and oxygen atoms in total. The van der Waals surface area contributed by atoms with Crippen molar-refractivity contribution >= 4 is 0 Å². The van der Waals surface area contributed by atoms with Gasteiger partial charge in [0.05, 0.1) is 23.7 Å². The first-order valence-electron chi connectivity index (χ1n) is 6.86. The summed E-state index contributed by atoms with van der Waals surface area (Å²) in [4.78, 5) is 11.9. The molecule has 0 bridgehead atoms. The summed E-state index contributed by atoms with van der Waals surface area (Å²) in [6.45, 7) is 0.694. The van der Waals surface area contributed by atoms with Crippen molar-refractivity contribution < 1.29 is 9.15 Å². The Kier molecular flexibility index (Phi) is 4.16. The normalized spacial score (nSPS) is 10.2. The van der Waals surface area contributed by atoms with Gasteiger partial charge in [0.1, 0.15) is 12.4 Å². The zero-order chi connectivity index (χ0) is 16.1. The summed E-state index contributed by atoms with van der Waals surface area (Å²) < 4.78 is 12.2. The molecule has 0 aliphatic heterocycles. The molecule has 0 aliphatic rings. The van der Waals surface area contributed by atoms with Crippen LogP contribution in [-0.4, -0.2) is 21.4 Å². The van der Waals surface area contributed by atoms with Crippen molar-refractivity contribution in [1.82, 2.24) is 14.8 Å². The minimum atomic E-state index is -0.142. The van der Waals surface area contributed by atoms with E-state index in [-0.39, 0.29) is 5.56 Å². The van der Waals surface area contributed by atoms with Gasteiger partial charge >= 0.3 is 0 Å². The second-order valence-corrected chi connectivity index (χ2v) is 4.68. The first kappa shape index (κ1) is 14.5. The Labute approximate surface area is 131 Å². The summed E-state index contributed by atoms with van der Waals surface area (Å²) in [5, 5.41) is 16.2. The number of aromatic nitrogens is 3. The molecule has 0 aliphatic carbocycles. The van der Waals surface area contributed by atoms with Crippen molar-refractivity contribution in [2.75, 3.05) is 6.61 Å². The van der Waals surface area contributed by atoms with Gasteiger partial charge in [-0.05, 0) is 30.3 Å². The molecule has 0 unspecified atom stereocenters. The van der Waals surface area contributed by atoms with Crippen LogP contribution in [0, 0.1) is 11.3 Å². The van der Waals surface area contributed by atoms with Gasteiger partial charge < -0.3 is 13.7 Å². The molecule has 0 amide bonds. The highest BCUT2D eigenvalue weighted by atomic mass is 16.5. The van der Waals surface area contributed by atoms with Crippen LogP contribution >= 0.6 is 0 Å². The van der Waals surface area contributed by atoms with E-state index in [1.165, 1.54) is 17.0 Å². The highest BCUT2D eigenvalue weighted by molar-refractivity contribution is 5.50. The van der Waals surface area contributed by atoms with E-state index >= 15 is 0 Å². The third-order valence-corrected chi connectivity index (χ3v) is 3.17. The van der Waals surface area contributed by atoms with E-state index < -0.39 is 0 Å². The molecule has 0 saturated heterocycles. The summed E-state index contributed by atoms with van der Waals surface area (Å²) in [6.07, 6.45) is 2.89. The van der Waals surface area contributed by atoms with Gasteiger partial charge in [0.15, 0.2) is 0 Å². The number of ether oxygens (including phenoxy) is 1. The molecule has 0 spiro atoms. The largest absolute Gasteiger partial charge is 0.492 e. The highest BCUT2D eigenvalue weighted by Gasteiger charge is 2.06. The van der Waals surface area contributed by atoms with Crippen LogP contribution in [0.15, 0.2) is 58.2 Å². The van der Waals surface area contributed by atoms with Crippen LogP contribution in [0.3, 0.4) is 0 Å². The number of nitriles is 1. The second-order valence-electron chi connectivity index (χ2n) is 4.68. The molecule has 0 atom stereocenters. The van der Waals surface area contributed by atoms with Gasteiger partial charge in [0, 0.05) is 12.3 Å². The Bertz CT molecular complexity index is 877. The lowest BCUT2D eigenvalue weighted by molar-refractivity contribution is 0.296. The molecular weight excluding hydrogens is 296 g/mol. The van der Waals surface area contributed by atoms with E-state index in [2.05, 4.69) is 10.2 Å². The van der Waals surface area contributed by atoms with E-state index in [0.29, 0.717) is 35.9 Å². The number of hydrogen-bond acceptors (Lipinski definition) is 6.